The number of morpholine rings is 1. The zero-order chi connectivity index (χ0) is 15.0. The van der Waals surface area contributed by atoms with E-state index in [-0.39, 0.29) is 22.9 Å². The van der Waals surface area contributed by atoms with E-state index < -0.39 is 10.0 Å². The minimum absolute atomic E-state index is 0.0521. The molecule has 1 N–H and O–H groups in total. The highest BCUT2D eigenvalue weighted by atomic mass is 32.2. The molecule has 0 aromatic heterocycles. The van der Waals surface area contributed by atoms with E-state index in [9.17, 15) is 13.2 Å². The highest BCUT2D eigenvalue weighted by Gasteiger charge is 2.44. The van der Waals surface area contributed by atoms with Gasteiger partial charge in [-0.1, -0.05) is 0 Å². The Kier molecular flexibility index (Phi) is 3.73. The Balaban J connectivity index is 1.86. The Labute approximate surface area is 124 Å². The summed E-state index contributed by atoms with van der Waals surface area (Å²) in [7, 11) is -3.50. The van der Waals surface area contributed by atoms with Crippen LogP contribution in [0.5, 0.6) is 0 Å². The summed E-state index contributed by atoms with van der Waals surface area (Å²) in [6, 6.07) is 6.19. The largest absolute Gasteiger partial charge is 0.378 e. The van der Waals surface area contributed by atoms with Crippen LogP contribution in [-0.2, 0) is 19.6 Å². The number of amides is 1. The highest BCUT2D eigenvalue weighted by molar-refractivity contribution is 7.89. The second-order valence-corrected chi connectivity index (χ2v) is 7.31. The van der Waals surface area contributed by atoms with E-state index in [2.05, 4.69) is 5.32 Å². The second kappa shape index (κ2) is 5.40. The zero-order valence-corrected chi connectivity index (χ0v) is 12.6. The van der Waals surface area contributed by atoms with E-state index >= 15 is 0 Å². The highest BCUT2D eigenvalue weighted by Crippen LogP contribution is 2.34. The van der Waals surface area contributed by atoms with Gasteiger partial charge in [0.2, 0.25) is 15.9 Å². The second-order valence-electron chi connectivity index (χ2n) is 5.46. The molecule has 0 aliphatic carbocycles. The van der Waals surface area contributed by atoms with Crippen molar-refractivity contribution in [2.75, 3.05) is 18.5 Å². The molecule has 0 spiro atoms. The molecule has 1 amide bonds. The van der Waals surface area contributed by atoms with Gasteiger partial charge >= 0.3 is 0 Å². The van der Waals surface area contributed by atoms with Crippen LogP contribution in [0.25, 0.3) is 0 Å². The third-order valence-corrected chi connectivity index (χ3v) is 5.94. The van der Waals surface area contributed by atoms with Crippen molar-refractivity contribution in [3.05, 3.63) is 24.3 Å². The van der Waals surface area contributed by atoms with Crippen molar-refractivity contribution in [3.63, 3.8) is 0 Å². The maximum atomic E-state index is 12.8. The lowest BCUT2D eigenvalue weighted by Crippen LogP contribution is -2.48. The Morgan fingerprint density at radius 3 is 2.29 bits per heavy atom. The van der Waals surface area contributed by atoms with Crippen LogP contribution < -0.4 is 5.32 Å². The number of sulfonamides is 1. The number of nitrogens with zero attached hydrogens (tertiary/aromatic N) is 1. The molecule has 21 heavy (non-hydrogen) atoms. The molecule has 1 aromatic carbocycles. The van der Waals surface area contributed by atoms with Gasteiger partial charge in [-0.3, -0.25) is 4.79 Å². The normalized spacial score (nSPS) is 25.8. The maximum absolute atomic E-state index is 12.8. The number of carbonyl (C=O) groups excluding carboxylic acids is 1. The van der Waals surface area contributed by atoms with Crippen molar-refractivity contribution in [2.45, 2.75) is 36.7 Å². The van der Waals surface area contributed by atoms with Crippen LogP contribution >= 0.6 is 0 Å². The Bertz CT molecular complexity index is 625. The molecule has 114 valence electrons. The third-order valence-electron chi connectivity index (χ3n) is 3.92. The first-order valence-corrected chi connectivity index (χ1v) is 8.41. The van der Waals surface area contributed by atoms with Crippen LogP contribution in [0.2, 0.25) is 0 Å². The summed E-state index contributed by atoms with van der Waals surface area (Å²) in [4.78, 5) is 11.2. The minimum atomic E-state index is -3.50. The number of fused-ring (bicyclic) bond motifs is 2. The number of hydrogen-bond donors (Lipinski definition) is 1. The molecule has 0 radical (unpaired) electrons. The molecular weight excluding hydrogens is 292 g/mol. The average molecular weight is 310 g/mol. The fourth-order valence-corrected chi connectivity index (χ4v) is 4.86. The van der Waals surface area contributed by atoms with Gasteiger partial charge in [0.25, 0.3) is 0 Å². The molecule has 2 unspecified atom stereocenters. The number of anilines is 1. The average Bonchev–Trinajstić information content (AvgIpc) is 2.70. The topological polar surface area (TPSA) is 75.7 Å². The Morgan fingerprint density at radius 2 is 1.76 bits per heavy atom. The Morgan fingerprint density at radius 1 is 1.19 bits per heavy atom. The summed E-state index contributed by atoms with van der Waals surface area (Å²) in [5, 5.41) is 2.63. The van der Waals surface area contributed by atoms with Gasteiger partial charge in [0, 0.05) is 24.7 Å². The quantitative estimate of drug-likeness (QED) is 0.910. The van der Waals surface area contributed by atoms with Crippen LogP contribution in [0.1, 0.15) is 19.8 Å². The van der Waals surface area contributed by atoms with Crippen molar-refractivity contribution in [1.29, 1.82) is 0 Å². The van der Waals surface area contributed by atoms with Crippen molar-refractivity contribution in [2.24, 2.45) is 0 Å². The molecule has 2 aliphatic rings. The molecule has 2 atom stereocenters. The molecule has 2 heterocycles. The van der Waals surface area contributed by atoms with Gasteiger partial charge in [0.15, 0.2) is 0 Å². The van der Waals surface area contributed by atoms with E-state index in [1.807, 2.05) is 0 Å². The molecule has 2 fully saturated rings. The van der Waals surface area contributed by atoms with Gasteiger partial charge in [0.1, 0.15) is 0 Å². The maximum Gasteiger partial charge on any atom is 0.243 e. The summed E-state index contributed by atoms with van der Waals surface area (Å²) in [6.45, 7) is 2.36. The van der Waals surface area contributed by atoms with Gasteiger partial charge in [-0.2, -0.15) is 4.31 Å². The monoisotopic (exact) mass is 310 g/mol. The lowest BCUT2D eigenvalue weighted by atomic mass is 10.2. The van der Waals surface area contributed by atoms with E-state index in [0.717, 1.165) is 12.8 Å². The first kappa shape index (κ1) is 14.5. The predicted molar refractivity (Wildman–Crippen MR) is 77.4 cm³/mol. The summed E-state index contributed by atoms with van der Waals surface area (Å²) in [6.07, 6.45) is 1.71. The first-order valence-electron chi connectivity index (χ1n) is 6.97. The fraction of sp³-hybridized carbons (Fsp3) is 0.500. The molecule has 7 heteroatoms. The predicted octanol–water partition coefficient (Wildman–Crippen LogP) is 1.20. The van der Waals surface area contributed by atoms with Crippen molar-refractivity contribution >= 4 is 21.6 Å². The number of ether oxygens (including phenoxy) is 1. The van der Waals surface area contributed by atoms with Gasteiger partial charge in [-0.05, 0) is 37.1 Å². The van der Waals surface area contributed by atoms with Crippen molar-refractivity contribution < 1.29 is 17.9 Å². The molecular formula is C14H18N2O4S. The number of nitrogens with one attached hydrogen (secondary N) is 1. The number of hydrogen-bond acceptors (Lipinski definition) is 4. The van der Waals surface area contributed by atoms with Crippen molar-refractivity contribution in [1.82, 2.24) is 4.31 Å². The number of carbonyl (C=O) groups is 1. The number of benzene rings is 1. The zero-order valence-electron chi connectivity index (χ0n) is 11.8. The van der Waals surface area contributed by atoms with E-state index in [4.69, 9.17) is 4.74 Å². The smallest absolute Gasteiger partial charge is 0.243 e. The molecule has 2 aliphatic heterocycles. The van der Waals surface area contributed by atoms with Gasteiger partial charge in [-0.25, -0.2) is 8.42 Å². The van der Waals surface area contributed by atoms with E-state index in [0.29, 0.717) is 18.9 Å². The summed E-state index contributed by atoms with van der Waals surface area (Å²) in [5.74, 6) is -0.183. The van der Waals surface area contributed by atoms with E-state index in [1.165, 1.54) is 19.1 Å². The summed E-state index contributed by atoms with van der Waals surface area (Å²) in [5.41, 5.74) is 0.589. The van der Waals surface area contributed by atoms with Crippen molar-refractivity contribution in [3.8, 4) is 0 Å². The third kappa shape index (κ3) is 2.68. The molecule has 2 saturated heterocycles. The van der Waals surface area contributed by atoms with Crippen LogP contribution in [0, 0.1) is 0 Å². The Hall–Kier alpha value is -1.44. The summed E-state index contributed by atoms with van der Waals surface area (Å²) < 4.78 is 32.6. The molecule has 2 bridgehead atoms. The van der Waals surface area contributed by atoms with Gasteiger partial charge in [0.05, 0.1) is 18.1 Å². The number of rotatable bonds is 3. The van der Waals surface area contributed by atoms with Gasteiger partial charge < -0.3 is 10.1 Å². The standard InChI is InChI=1S/C14H18N2O4S/c1-10(17)15-11-2-6-14(7-3-11)21(18,19)16-12-4-5-13(16)9-20-8-12/h2-3,6-7,12-13H,4-5,8-9H2,1H3,(H,15,17). The fourth-order valence-electron chi connectivity index (χ4n) is 3.02. The van der Waals surface area contributed by atoms with Crippen LogP contribution in [-0.4, -0.2) is 43.9 Å². The molecule has 0 saturated carbocycles. The van der Waals surface area contributed by atoms with E-state index in [1.54, 1.807) is 16.4 Å². The first-order chi connectivity index (χ1) is 9.98. The lowest BCUT2D eigenvalue weighted by molar-refractivity contribution is -0.114. The van der Waals surface area contributed by atoms with Gasteiger partial charge in [-0.15, -0.1) is 0 Å². The summed E-state index contributed by atoms with van der Waals surface area (Å²) >= 11 is 0. The van der Waals surface area contributed by atoms with Crippen LogP contribution in [0.15, 0.2) is 29.2 Å². The minimum Gasteiger partial charge on any atom is -0.378 e. The molecule has 3 rings (SSSR count). The molecule has 1 aromatic rings. The molecule has 6 nitrogen and oxygen atoms in total. The van der Waals surface area contributed by atoms with Crippen LogP contribution in [0.3, 0.4) is 0 Å². The SMILES string of the molecule is CC(=O)Nc1ccc(S(=O)(=O)N2C3CCC2COC3)cc1. The van der Waals surface area contributed by atoms with Crippen LogP contribution in [0.4, 0.5) is 5.69 Å². The lowest BCUT2D eigenvalue weighted by Gasteiger charge is -2.33.